The van der Waals surface area contributed by atoms with Gasteiger partial charge in [-0.25, -0.2) is 0 Å². The fourth-order valence-electron chi connectivity index (χ4n) is 3.97. The topological polar surface area (TPSA) is 71.5 Å². The van der Waals surface area contributed by atoms with Gasteiger partial charge in [-0.05, 0) is 41.5 Å². The van der Waals surface area contributed by atoms with Crippen LogP contribution in [0.5, 0.6) is 5.75 Å². The molecular weight excluding hydrogens is 378 g/mol. The maximum absolute atomic E-state index is 13.4. The summed E-state index contributed by atoms with van der Waals surface area (Å²) in [4.78, 5) is 32.3. The van der Waals surface area contributed by atoms with Gasteiger partial charge in [0.2, 0.25) is 5.91 Å². The van der Waals surface area contributed by atoms with Gasteiger partial charge in [0.25, 0.3) is 5.91 Å². The van der Waals surface area contributed by atoms with E-state index in [-0.39, 0.29) is 11.8 Å². The maximum Gasteiger partial charge on any atom is 0.254 e. The second kappa shape index (κ2) is 8.37. The third-order valence-corrected chi connectivity index (χ3v) is 5.49. The number of hydrogen-bond donors (Lipinski definition) is 1. The zero-order valence-corrected chi connectivity index (χ0v) is 16.9. The highest BCUT2D eigenvalue weighted by Gasteiger charge is 2.42. The van der Waals surface area contributed by atoms with Crippen molar-refractivity contribution in [2.45, 2.75) is 18.5 Å². The molecule has 0 fully saturated rings. The van der Waals surface area contributed by atoms with Gasteiger partial charge in [0, 0.05) is 18.8 Å². The van der Waals surface area contributed by atoms with Crippen LogP contribution in [0.25, 0.3) is 0 Å². The SMILES string of the molecule is COc1ccc([C@@H]2[C@@H](C(=O)NCc3ccccn3)c3ccccc3C(=O)N2C)cc1. The Kier molecular flexibility index (Phi) is 5.48. The smallest absolute Gasteiger partial charge is 0.254 e. The van der Waals surface area contributed by atoms with Crippen molar-refractivity contribution in [3.63, 3.8) is 0 Å². The van der Waals surface area contributed by atoms with Gasteiger partial charge in [0.05, 0.1) is 31.3 Å². The van der Waals surface area contributed by atoms with Crippen molar-refractivity contribution in [2.24, 2.45) is 0 Å². The number of pyridine rings is 1. The van der Waals surface area contributed by atoms with E-state index in [1.165, 1.54) is 0 Å². The molecule has 1 aliphatic rings. The van der Waals surface area contributed by atoms with Crippen LogP contribution in [0.2, 0.25) is 0 Å². The Morgan fingerprint density at radius 2 is 1.80 bits per heavy atom. The summed E-state index contributed by atoms with van der Waals surface area (Å²) in [7, 11) is 3.35. The number of carbonyl (C=O) groups is 2. The van der Waals surface area contributed by atoms with Gasteiger partial charge in [0.15, 0.2) is 0 Å². The predicted molar refractivity (Wildman–Crippen MR) is 113 cm³/mol. The number of methoxy groups -OCH3 is 1. The summed E-state index contributed by atoms with van der Waals surface area (Å²) in [5, 5.41) is 3.00. The fraction of sp³-hybridized carbons (Fsp3) is 0.208. The van der Waals surface area contributed by atoms with Crippen LogP contribution in [0.4, 0.5) is 0 Å². The summed E-state index contributed by atoms with van der Waals surface area (Å²) >= 11 is 0. The van der Waals surface area contributed by atoms with Crippen molar-refractivity contribution in [1.82, 2.24) is 15.2 Å². The molecule has 3 aromatic rings. The van der Waals surface area contributed by atoms with E-state index in [0.29, 0.717) is 12.1 Å². The number of amides is 2. The van der Waals surface area contributed by atoms with Crippen LogP contribution >= 0.6 is 0 Å². The number of nitrogens with zero attached hydrogens (tertiary/aromatic N) is 2. The third kappa shape index (κ3) is 3.64. The summed E-state index contributed by atoms with van der Waals surface area (Å²) in [5.74, 6) is -0.0606. The van der Waals surface area contributed by atoms with Gasteiger partial charge >= 0.3 is 0 Å². The molecule has 2 atom stereocenters. The summed E-state index contributed by atoms with van der Waals surface area (Å²) in [6.45, 7) is 0.325. The average Bonchev–Trinajstić information content (AvgIpc) is 2.80. The molecule has 2 aromatic carbocycles. The molecule has 30 heavy (non-hydrogen) atoms. The Balaban J connectivity index is 1.72. The minimum atomic E-state index is -0.541. The minimum absolute atomic E-state index is 0.0970. The molecule has 0 saturated heterocycles. The van der Waals surface area contributed by atoms with E-state index < -0.39 is 12.0 Å². The monoisotopic (exact) mass is 401 g/mol. The number of nitrogens with one attached hydrogen (secondary N) is 1. The van der Waals surface area contributed by atoms with Crippen LogP contribution in [0, 0.1) is 0 Å². The van der Waals surface area contributed by atoms with Crippen molar-refractivity contribution in [1.29, 1.82) is 0 Å². The number of rotatable bonds is 5. The van der Waals surface area contributed by atoms with Gasteiger partial charge < -0.3 is 15.0 Å². The predicted octanol–water partition coefficient (Wildman–Crippen LogP) is 3.32. The molecule has 0 radical (unpaired) electrons. The lowest BCUT2D eigenvalue weighted by Crippen LogP contribution is -2.45. The largest absolute Gasteiger partial charge is 0.497 e. The lowest BCUT2D eigenvalue weighted by atomic mass is 9.79. The van der Waals surface area contributed by atoms with Crippen LogP contribution < -0.4 is 10.1 Å². The van der Waals surface area contributed by atoms with Crippen LogP contribution in [0.3, 0.4) is 0 Å². The molecule has 2 heterocycles. The maximum atomic E-state index is 13.4. The van der Waals surface area contributed by atoms with Gasteiger partial charge in [-0.1, -0.05) is 36.4 Å². The molecule has 2 amide bonds. The lowest BCUT2D eigenvalue weighted by molar-refractivity contribution is -0.124. The quantitative estimate of drug-likeness (QED) is 0.712. The van der Waals surface area contributed by atoms with E-state index in [2.05, 4.69) is 10.3 Å². The van der Waals surface area contributed by atoms with E-state index in [0.717, 1.165) is 22.6 Å². The van der Waals surface area contributed by atoms with Crippen molar-refractivity contribution < 1.29 is 14.3 Å². The van der Waals surface area contributed by atoms with Crippen LogP contribution in [-0.4, -0.2) is 35.9 Å². The number of carbonyl (C=O) groups excluding carboxylic acids is 2. The standard InChI is InChI=1S/C24H23N3O3/c1-27-22(16-10-12-18(30-2)13-11-16)21(19-8-3-4-9-20(19)24(27)29)23(28)26-15-17-7-5-6-14-25-17/h3-14,21-22H,15H2,1-2H3,(H,26,28)/t21-,22+/m0/s1. The summed E-state index contributed by atoms with van der Waals surface area (Å²) in [6, 6.07) is 20.0. The summed E-state index contributed by atoms with van der Waals surface area (Å²) in [6.07, 6.45) is 1.70. The van der Waals surface area contributed by atoms with Gasteiger partial charge in [-0.15, -0.1) is 0 Å². The van der Waals surface area contributed by atoms with Gasteiger partial charge in [-0.3, -0.25) is 14.6 Å². The summed E-state index contributed by atoms with van der Waals surface area (Å²) in [5.41, 5.74) is 2.95. The fourth-order valence-corrected chi connectivity index (χ4v) is 3.97. The number of ether oxygens (including phenoxy) is 1. The van der Waals surface area contributed by atoms with Crippen LogP contribution in [-0.2, 0) is 11.3 Å². The average molecular weight is 401 g/mol. The number of benzene rings is 2. The highest BCUT2D eigenvalue weighted by molar-refractivity contribution is 6.01. The Bertz CT molecular complexity index is 1050. The first-order valence-corrected chi connectivity index (χ1v) is 9.78. The second-order valence-electron chi connectivity index (χ2n) is 7.24. The van der Waals surface area contributed by atoms with E-state index in [1.807, 2.05) is 60.7 Å². The Morgan fingerprint density at radius 3 is 2.50 bits per heavy atom. The van der Waals surface area contributed by atoms with Crippen molar-refractivity contribution in [2.75, 3.05) is 14.2 Å². The van der Waals surface area contributed by atoms with Crippen LogP contribution in [0.1, 0.15) is 39.1 Å². The molecule has 0 spiro atoms. The highest BCUT2D eigenvalue weighted by Crippen LogP contribution is 2.42. The van der Waals surface area contributed by atoms with Crippen LogP contribution in [0.15, 0.2) is 72.9 Å². The van der Waals surface area contributed by atoms with E-state index in [4.69, 9.17) is 4.74 Å². The summed E-state index contributed by atoms with van der Waals surface area (Å²) < 4.78 is 5.26. The normalized spacial score (nSPS) is 17.9. The zero-order valence-electron chi connectivity index (χ0n) is 16.9. The third-order valence-electron chi connectivity index (χ3n) is 5.49. The molecule has 0 bridgehead atoms. The first kappa shape index (κ1) is 19.6. The van der Waals surface area contributed by atoms with E-state index in [9.17, 15) is 9.59 Å². The minimum Gasteiger partial charge on any atom is -0.497 e. The molecule has 1 N–H and O–H groups in total. The number of hydrogen-bond acceptors (Lipinski definition) is 4. The van der Waals surface area contributed by atoms with Gasteiger partial charge in [-0.2, -0.15) is 0 Å². The number of aromatic nitrogens is 1. The molecule has 6 nitrogen and oxygen atoms in total. The highest BCUT2D eigenvalue weighted by atomic mass is 16.5. The zero-order chi connectivity index (χ0) is 21.1. The first-order chi connectivity index (χ1) is 14.6. The Labute approximate surface area is 175 Å². The molecular formula is C24H23N3O3. The molecule has 6 heteroatoms. The van der Waals surface area contributed by atoms with Crippen molar-refractivity contribution in [3.8, 4) is 5.75 Å². The van der Waals surface area contributed by atoms with Crippen molar-refractivity contribution >= 4 is 11.8 Å². The molecule has 0 saturated carbocycles. The van der Waals surface area contributed by atoms with Crippen molar-refractivity contribution in [3.05, 3.63) is 95.3 Å². The lowest BCUT2D eigenvalue weighted by Gasteiger charge is -2.39. The molecule has 152 valence electrons. The Hall–Kier alpha value is -3.67. The number of fused-ring (bicyclic) bond motifs is 1. The molecule has 1 aromatic heterocycles. The molecule has 0 aliphatic carbocycles. The van der Waals surface area contributed by atoms with Gasteiger partial charge in [0.1, 0.15) is 5.75 Å². The molecule has 4 rings (SSSR count). The first-order valence-electron chi connectivity index (χ1n) is 9.78. The molecule has 1 aliphatic heterocycles. The van der Waals surface area contributed by atoms with E-state index in [1.54, 1.807) is 31.3 Å². The second-order valence-corrected chi connectivity index (χ2v) is 7.24. The van der Waals surface area contributed by atoms with E-state index >= 15 is 0 Å². The number of likely N-dealkylation sites (N-methyl/N-ethyl adjacent to an activating group) is 1. The molecule has 0 unspecified atom stereocenters. The Morgan fingerprint density at radius 1 is 1.07 bits per heavy atom.